The molecule has 2 aliphatic rings. The normalized spacial score (nSPS) is 21.6. The number of rotatable bonds is 6. The van der Waals surface area contributed by atoms with E-state index in [9.17, 15) is 9.90 Å². The second kappa shape index (κ2) is 9.29. The van der Waals surface area contributed by atoms with Crippen molar-refractivity contribution in [2.24, 2.45) is 11.8 Å². The molecule has 0 spiro atoms. The third-order valence-corrected chi connectivity index (χ3v) is 7.53. The molecule has 3 unspecified atom stereocenters. The molecule has 3 atom stereocenters. The third kappa shape index (κ3) is 4.19. The Hall–Kier alpha value is -4.31. The van der Waals surface area contributed by atoms with Gasteiger partial charge < -0.3 is 21.1 Å². The molecule has 10 nitrogen and oxygen atoms in total. The monoisotopic (exact) mass is 496 g/mol. The molecule has 4 heterocycles. The molecule has 4 aromatic rings. The number of fused-ring (bicyclic) bond motifs is 2. The second-order valence-corrected chi connectivity index (χ2v) is 9.73. The standard InChI is InChI=1S/C27H28N8O2/c1-2-22(36)34-13-18-11-20(12-19(18)14-34)35-26-23(25(28)30-15-31-26)24(33-35)16-6-8-17(9-7-16)27(37)32-21-5-3-4-10-29-21/h2-10,15,18-20,27,37H,1,11-14H2,(H,29,32)(H2,28,30,31). The topological polar surface area (TPSA) is 135 Å². The fourth-order valence-electron chi connectivity index (χ4n) is 5.72. The summed E-state index contributed by atoms with van der Waals surface area (Å²) >= 11 is 0. The van der Waals surface area contributed by atoms with Crippen LogP contribution >= 0.6 is 0 Å². The first kappa shape index (κ1) is 23.1. The minimum absolute atomic E-state index is 0.00193. The van der Waals surface area contributed by atoms with Gasteiger partial charge in [0.25, 0.3) is 0 Å². The summed E-state index contributed by atoms with van der Waals surface area (Å²) in [6.07, 6.45) is 5.48. The number of anilines is 2. The van der Waals surface area contributed by atoms with Crippen molar-refractivity contribution in [3.05, 3.63) is 73.2 Å². The van der Waals surface area contributed by atoms with Crippen LogP contribution < -0.4 is 11.1 Å². The van der Waals surface area contributed by atoms with Crippen LogP contribution in [-0.2, 0) is 4.79 Å². The molecule has 188 valence electrons. The first-order chi connectivity index (χ1) is 18.0. The fourth-order valence-corrected chi connectivity index (χ4v) is 5.72. The molecule has 1 aliphatic heterocycles. The van der Waals surface area contributed by atoms with Gasteiger partial charge in [-0.05, 0) is 42.9 Å². The van der Waals surface area contributed by atoms with Crippen LogP contribution in [0.5, 0.6) is 0 Å². The number of hydrogen-bond donors (Lipinski definition) is 3. The van der Waals surface area contributed by atoms with E-state index < -0.39 is 6.23 Å². The number of amides is 1. The molecule has 1 saturated heterocycles. The molecule has 1 aromatic carbocycles. The van der Waals surface area contributed by atoms with Crippen molar-refractivity contribution in [2.75, 3.05) is 24.1 Å². The number of nitrogens with two attached hydrogens (primary N) is 1. The van der Waals surface area contributed by atoms with E-state index in [0.717, 1.165) is 36.9 Å². The van der Waals surface area contributed by atoms with Crippen LogP contribution in [0, 0.1) is 11.8 Å². The third-order valence-electron chi connectivity index (χ3n) is 7.53. The maximum atomic E-state index is 12.1. The summed E-state index contributed by atoms with van der Waals surface area (Å²) < 4.78 is 1.99. The number of likely N-dealkylation sites (tertiary alicyclic amines) is 1. The van der Waals surface area contributed by atoms with Crippen molar-refractivity contribution in [3.63, 3.8) is 0 Å². The van der Waals surface area contributed by atoms with Gasteiger partial charge >= 0.3 is 0 Å². The Labute approximate surface area is 213 Å². The Morgan fingerprint density at radius 2 is 1.86 bits per heavy atom. The van der Waals surface area contributed by atoms with Crippen molar-refractivity contribution in [2.45, 2.75) is 25.1 Å². The van der Waals surface area contributed by atoms with Crippen molar-refractivity contribution < 1.29 is 9.90 Å². The summed E-state index contributed by atoms with van der Waals surface area (Å²) in [4.78, 5) is 26.9. The van der Waals surface area contributed by atoms with Crippen LogP contribution in [-0.4, -0.2) is 53.7 Å². The zero-order valence-corrected chi connectivity index (χ0v) is 20.2. The summed E-state index contributed by atoms with van der Waals surface area (Å²) in [5.41, 5.74) is 9.30. The Morgan fingerprint density at radius 1 is 1.11 bits per heavy atom. The molecule has 6 rings (SSSR count). The number of nitrogens with zero attached hydrogens (tertiary/aromatic N) is 6. The van der Waals surface area contributed by atoms with Gasteiger partial charge in [0.2, 0.25) is 5.91 Å². The maximum absolute atomic E-state index is 12.1. The van der Waals surface area contributed by atoms with E-state index in [2.05, 4.69) is 26.8 Å². The van der Waals surface area contributed by atoms with Crippen LogP contribution in [0.3, 0.4) is 0 Å². The lowest BCUT2D eigenvalue weighted by atomic mass is 10.0. The number of carbonyl (C=O) groups is 1. The van der Waals surface area contributed by atoms with E-state index in [0.29, 0.717) is 40.4 Å². The van der Waals surface area contributed by atoms with Crippen molar-refractivity contribution in [1.29, 1.82) is 0 Å². The summed E-state index contributed by atoms with van der Waals surface area (Å²) in [6, 6.07) is 13.2. The van der Waals surface area contributed by atoms with Crippen LogP contribution in [0.4, 0.5) is 11.6 Å². The first-order valence-corrected chi connectivity index (χ1v) is 12.4. The number of hydrogen-bond acceptors (Lipinski definition) is 8. The molecule has 0 radical (unpaired) electrons. The van der Waals surface area contributed by atoms with Crippen LogP contribution in [0.2, 0.25) is 0 Å². The predicted octanol–water partition coefficient (Wildman–Crippen LogP) is 3.17. The van der Waals surface area contributed by atoms with Crippen molar-refractivity contribution in [3.8, 4) is 11.3 Å². The van der Waals surface area contributed by atoms with Crippen LogP contribution in [0.1, 0.15) is 30.7 Å². The molecular weight excluding hydrogens is 468 g/mol. The fraction of sp³-hybridized carbons (Fsp3) is 0.296. The quantitative estimate of drug-likeness (QED) is 0.274. The second-order valence-electron chi connectivity index (χ2n) is 9.73. The average Bonchev–Trinajstić information content (AvgIpc) is 3.61. The van der Waals surface area contributed by atoms with Gasteiger partial charge in [-0.15, -0.1) is 0 Å². The number of benzene rings is 1. The number of aromatic nitrogens is 5. The van der Waals surface area contributed by atoms with Gasteiger partial charge in [-0.1, -0.05) is 36.9 Å². The summed E-state index contributed by atoms with van der Waals surface area (Å²) in [6.45, 7) is 5.13. The number of carbonyl (C=O) groups excluding carboxylic acids is 1. The minimum atomic E-state index is -0.905. The van der Waals surface area contributed by atoms with Crippen molar-refractivity contribution >= 4 is 28.6 Å². The zero-order valence-electron chi connectivity index (χ0n) is 20.2. The Bertz CT molecular complexity index is 1440. The zero-order chi connectivity index (χ0) is 25.5. The number of pyridine rings is 1. The van der Waals surface area contributed by atoms with Gasteiger partial charge in [-0.2, -0.15) is 5.10 Å². The van der Waals surface area contributed by atoms with Crippen LogP contribution in [0.25, 0.3) is 22.3 Å². The molecule has 10 heteroatoms. The Balaban J connectivity index is 1.27. The highest BCUT2D eigenvalue weighted by atomic mass is 16.3. The van der Waals surface area contributed by atoms with E-state index in [1.54, 1.807) is 12.3 Å². The highest BCUT2D eigenvalue weighted by molar-refractivity contribution is 5.98. The Kier molecular flexibility index (Phi) is 5.80. The number of nitrogens with one attached hydrogen (secondary N) is 1. The molecule has 37 heavy (non-hydrogen) atoms. The van der Waals surface area contributed by atoms with Gasteiger partial charge in [0.05, 0.1) is 11.4 Å². The molecule has 1 amide bonds. The number of nitrogen functional groups attached to an aromatic ring is 1. The molecule has 1 aliphatic carbocycles. The van der Waals surface area contributed by atoms with Crippen LogP contribution in [0.15, 0.2) is 67.6 Å². The summed E-state index contributed by atoms with van der Waals surface area (Å²) in [5.74, 6) is 1.84. The van der Waals surface area contributed by atoms with Gasteiger partial charge in [0, 0.05) is 30.4 Å². The molecule has 3 aromatic heterocycles. The summed E-state index contributed by atoms with van der Waals surface area (Å²) in [5, 5.41) is 19.3. The van der Waals surface area contributed by atoms with E-state index in [-0.39, 0.29) is 11.9 Å². The number of aliphatic hydroxyl groups is 1. The lowest BCUT2D eigenvalue weighted by Gasteiger charge is -2.18. The van der Waals surface area contributed by atoms with Crippen molar-refractivity contribution in [1.82, 2.24) is 29.6 Å². The lowest BCUT2D eigenvalue weighted by molar-refractivity contribution is -0.125. The van der Waals surface area contributed by atoms with E-state index in [1.807, 2.05) is 46.0 Å². The maximum Gasteiger partial charge on any atom is 0.245 e. The van der Waals surface area contributed by atoms with Gasteiger partial charge in [0.15, 0.2) is 11.9 Å². The predicted molar refractivity (Wildman–Crippen MR) is 140 cm³/mol. The largest absolute Gasteiger partial charge is 0.383 e. The average molecular weight is 497 g/mol. The summed E-state index contributed by atoms with van der Waals surface area (Å²) in [7, 11) is 0. The SMILES string of the molecule is C=CC(=O)N1CC2CC(n3nc(-c4ccc(C(O)Nc5ccccn5)cc4)c4c(N)ncnc43)CC2C1. The van der Waals surface area contributed by atoms with Gasteiger partial charge in [0.1, 0.15) is 23.7 Å². The molecular formula is C27H28N8O2. The molecule has 1 saturated carbocycles. The highest BCUT2D eigenvalue weighted by Gasteiger charge is 2.43. The minimum Gasteiger partial charge on any atom is -0.383 e. The van der Waals surface area contributed by atoms with E-state index >= 15 is 0 Å². The first-order valence-electron chi connectivity index (χ1n) is 12.4. The van der Waals surface area contributed by atoms with Gasteiger partial charge in [-0.3, -0.25) is 4.79 Å². The van der Waals surface area contributed by atoms with E-state index in [4.69, 9.17) is 10.8 Å². The molecule has 2 fully saturated rings. The smallest absolute Gasteiger partial charge is 0.245 e. The Morgan fingerprint density at radius 3 is 2.54 bits per heavy atom. The van der Waals surface area contributed by atoms with E-state index in [1.165, 1.54) is 12.4 Å². The van der Waals surface area contributed by atoms with Gasteiger partial charge in [-0.25, -0.2) is 19.6 Å². The highest BCUT2D eigenvalue weighted by Crippen LogP contribution is 2.45. The molecule has 4 N–H and O–H groups in total. The number of aliphatic hydroxyl groups excluding tert-OH is 1. The lowest BCUT2D eigenvalue weighted by Crippen LogP contribution is -2.28. The molecule has 0 bridgehead atoms.